The Hall–Kier alpha value is -3.48. The van der Waals surface area contributed by atoms with Gasteiger partial charge < -0.3 is 19.8 Å². The number of aliphatic hydroxyl groups is 1. The standard InChI is InChI=1S/C36H43F3N6O3/c1-3-23-27(38)10-20(2)24-11-22(46)12-25(29(23)24)31-30(39)32-26(15-40-31)33(44-8-4-6-35(18-44)14-28(47)41-17-35)43-34(42-32)48-19-36-7-5-9-45(36)16-21(37)13-36/h11-12,15,20-21,28,41,46-47H,3-10,13-14,16-19H2,1-2H3/t20?,21-,28?,35?,36+/m1/s1. The number of phenolic OH excluding ortho intramolecular Hbond substituents is 1. The molecule has 0 bridgehead atoms. The molecule has 8 rings (SSSR count). The van der Waals surface area contributed by atoms with Gasteiger partial charge in [0.2, 0.25) is 0 Å². The summed E-state index contributed by atoms with van der Waals surface area (Å²) in [6.07, 6.45) is 5.27. The van der Waals surface area contributed by atoms with Crippen molar-refractivity contribution in [1.29, 1.82) is 0 Å². The number of benzene rings is 1. The number of aromatic nitrogens is 3. The fourth-order valence-corrected chi connectivity index (χ4v) is 9.32. The molecule has 2 aromatic heterocycles. The van der Waals surface area contributed by atoms with Crippen molar-refractivity contribution in [2.24, 2.45) is 5.41 Å². The van der Waals surface area contributed by atoms with Crippen LogP contribution in [0, 0.1) is 11.2 Å². The van der Waals surface area contributed by atoms with Crippen LogP contribution in [-0.2, 0) is 0 Å². The van der Waals surface area contributed by atoms with Crippen LogP contribution in [0.2, 0.25) is 0 Å². The van der Waals surface area contributed by atoms with Gasteiger partial charge in [-0.25, -0.2) is 13.2 Å². The number of ether oxygens (including phenoxy) is 1. The average Bonchev–Trinajstić information content (AvgIpc) is 3.71. The normalized spacial score (nSPS) is 30.5. The number of rotatable bonds is 6. The number of aromatic hydroxyl groups is 1. The lowest BCUT2D eigenvalue weighted by Gasteiger charge is -2.41. The van der Waals surface area contributed by atoms with Gasteiger partial charge in [0.25, 0.3) is 0 Å². The molecule has 0 saturated carbocycles. The van der Waals surface area contributed by atoms with Gasteiger partial charge in [0, 0.05) is 56.2 Å². The minimum atomic E-state index is -0.921. The van der Waals surface area contributed by atoms with Crippen LogP contribution in [0.4, 0.5) is 19.0 Å². The van der Waals surface area contributed by atoms with Crippen molar-refractivity contribution in [3.63, 3.8) is 0 Å². The van der Waals surface area contributed by atoms with E-state index in [0.29, 0.717) is 73.3 Å². The van der Waals surface area contributed by atoms with Crippen LogP contribution in [0.5, 0.6) is 11.8 Å². The fraction of sp³-hybridized carbons (Fsp3) is 0.583. The first-order valence-corrected chi connectivity index (χ1v) is 17.4. The van der Waals surface area contributed by atoms with Gasteiger partial charge in [-0.05, 0) is 79.8 Å². The number of aliphatic hydroxyl groups excluding tert-OH is 1. The Bertz CT molecular complexity index is 1800. The Morgan fingerprint density at radius 2 is 1.96 bits per heavy atom. The van der Waals surface area contributed by atoms with Crippen LogP contribution in [0.25, 0.3) is 27.7 Å². The van der Waals surface area contributed by atoms with Crippen LogP contribution in [0.3, 0.4) is 0 Å². The number of allylic oxidation sites excluding steroid dienone is 2. The van der Waals surface area contributed by atoms with E-state index in [4.69, 9.17) is 9.72 Å². The van der Waals surface area contributed by atoms with Crippen molar-refractivity contribution in [2.75, 3.05) is 44.2 Å². The second kappa shape index (κ2) is 11.8. The van der Waals surface area contributed by atoms with E-state index >= 15 is 8.78 Å². The van der Waals surface area contributed by atoms with E-state index in [9.17, 15) is 14.6 Å². The smallest absolute Gasteiger partial charge is 0.319 e. The van der Waals surface area contributed by atoms with Crippen LogP contribution < -0.4 is 15.0 Å². The highest BCUT2D eigenvalue weighted by Gasteiger charge is 2.49. The summed E-state index contributed by atoms with van der Waals surface area (Å²) in [5, 5.41) is 24.7. The zero-order valence-electron chi connectivity index (χ0n) is 27.5. The number of phenols is 1. The number of hydrogen-bond acceptors (Lipinski definition) is 9. The molecular weight excluding hydrogens is 621 g/mol. The summed E-state index contributed by atoms with van der Waals surface area (Å²) < 4.78 is 53.2. The number of fused-ring (bicyclic) bond motifs is 3. The lowest BCUT2D eigenvalue weighted by molar-refractivity contribution is 0.107. The van der Waals surface area contributed by atoms with Crippen molar-refractivity contribution in [3.05, 3.63) is 41.1 Å². The molecule has 4 aliphatic heterocycles. The number of piperidine rings is 1. The lowest BCUT2D eigenvalue weighted by Crippen LogP contribution is -2.45. The summed E-state index contributed by atoms with van der Waals surface area (Å²) in [4.78, 5) is 18.4. The van der Waals surface area contributed by atoms with Gasteiger partial charge in [0.1, 0.15) is 47.6 Å². The Morgan fingerprint density at radius 1 is 1.12 bits per heavy atom. The van der Waals surface area contributed by atoms with E-state index < -0.39 is 23.8 Å². The molecule has 4 fully saturated rings. The number of nitrogens with zero attached hydrogens (tertiary/aromatic N) is 5. The molecule has 0 amide bonds. The Balaban J connectivity index is 1.26. The van der Waals surface area contributed by atoms with Crippen LogP contribution in [-0.4, -0.2) is 87.3 Å². The Kier molecular flexibility index (Phi) is 7.84. The minimum absolute atomic E-state index is 0.00744. The highest BCUT2D eigenvalue weighted by Crippen LogP contribution is 2.48. The van der Waals surface area contributed by atoms with E-state index in [1.807, 2.05) is 13.8 Å². The third kappa shape index (κ3) is 5.22. The molecule has 5 atom stereocenters. The molecule has 0 radical (unpaired) electrons. The molecule has 3 unspecified atom stereocenters. The number of pyridine rings is 1. The van der Waals surface area contributed by atoms with Gasteiger partial charge in [-0.15, -0.1) is 0 Å². The molecule has 48 heavy (non-hydrogen) atoms. The van der Waals surface area contributed by atoms with Gasteiger partial charge in [0.15, 0.2) is 5.82 Å². The molecule has 6 heterocycles. The summed E-state index contributed by atoms with van der Waals surface area (Å²) in [6, 6.07) is 3.09. The Morgan fingerprint density at radius 3 is 2.75 bits per heavy atom. The molecule has 3 N–H and O–H groups in total. The van der Waals surface area contributed by atoms with E-state index in [0.717, 1.165) is 37.8 Å². The van der Waals surface area contributed by atoms with Gasteiger partial charge in [-0.1, -0.05) is 13.8 Å². The molecule has 256 valence electrons. The fourth-order valence-electron chi connectivity index (χ4n) is 9.32. The van der Waals surface area contributed by atoms with Crippen molar-refractivity contribution in [1.82, 2.24) is 25.2 Å². The molecule has 5 aliphatic rings. The second-order valence-electron chi connectivity index (χ2n) is 14.8. The number of anilines is 1. The minimum Gasteiger partial charge on any atom is -0.508 e. The van der Waals surface area contributed by atoms with Crippen LogP contribution in [0.1, 0.15) is 82.3 Å². The molecule has 12 heteroatoms. The molecule has 1 aliphatic carbocycles. The highest BCUT2D eigenvalue weighted by atomic mass is 19.1. The third-order valence-electron chi connectivity index (χ3n) is 11.6. The summed E-state index contributed by atoms with van der Waals surface area (Å²) in [6.45, 7) is 7.10. The van der Waals surface area contributed by atoms with Gasteiger partial charge >= 0.3 is 6.01 Å². The first kappa shape index (κ1) is 31.8. The predicted molar refractivity (Wildman–Crippen MR) is 177 cm³/mol. The summed E-state index contributed by atoms with van der Waals surface area (Å²) >= 11 is 0. The topological polar surface area (TPSA) is 107 Å². The molecule has 4 saturated heterocycles. The largest absolute Gasteiger partial charge is 0.508 e. The highest BCUT2D eigenvalue weighted by molar-refractivity contribution is 5.94. The van der Waals surface area contributed by atoms with Gasteiger partial charge in [-0.2, -0.15) is 9.97 Å². The van der Waals surface area contributed by atoms with Crippen molar-refractivity contribution >= 4 is 22.3 Å². The number of nitrogens with one attached hydrogen (secondary N) is 1. The zero-order valence-corrected chi connectivity index (χ0v) is 27.5. The average molecular weight is 665 g/mol. The van der Waals surface area contributed by atoms with Crippen LogP contribution >= 0.6 is 0 Å². The molecular formula is C36H43F3N6O3. The zero-order chi connectivity index (χ0) is 33.4. The monoisotopic (exact) mass is 664 g/mol. The first-order chi connectivity index (χ1) is 23.1. The molecule has 3 aromatic rings. The van der Waals surface area contributed by atoms with Gasteiger partial charge in [-0.3, -0.25) is 15.2 Å². The maximum atomic E-state index is 17.0. The predicted octanol–water partition coefficient (Wildman–Crippen LogP) is 5.99. The van der Waals surface area contributed by atoms with Crippen molar-refractivity contribution in [2.45, 2.75) is 89.1 Å². The molecule has 1 spiro atoms. The summed E-state index contributed by atoms with van der Waals surface area (Å²) in [5.41, 5.74) is 1.51. The van der Waals surface area contributed by atoms with Gasteiger partial charge in [0.05, 0.1) is 10.9 Å². The number of hydrogen-bond donors (Lipinski definition) is 3. The molecule has 1 aromatic carbocycles. The van der Waals surface area contributed by atoms with E-state index in [1.165, 1.54) is 6.07 Å². The SMILES string of the molecule is CCC1=C(F)CC(C)c2cc(O)cc(-c3ncc4c(N5CCCC6(CNC(O)C6)C5)nc(OC[C@@]56CCCN5C[C@H](F)C6)nc4c3F)c21. The Labute approximate surface area is 278 Å². The molecule has 9 nitrogen and oxygen atoms in total. The van der Waals surface area contributed by atoms with Crippen molar-refractivity contribution in [3.8, 4) is 23.0 Å². The summed E-state index contributed by atoms with van der Waals surface area (Å²) in [5.74, 6) is -0.702. The first-order valence-electron chi connectivity index (χ1n) is 17.4. The number of alkyl halides is 1. The maximum absolute atomic E-state index is 17.0. The summed E-state index contributed by atoms with van der Waals surface area (Å²) in [7, 11) is 0. The van der Waals surface area contributed by atoms with E-state index in [1.54, 1.807) is 12.3 Å². The quantitative estimate of drug-likeness (QED) is 0.293. The number of halogens is 3. The van der Waals surface area contributed by atoms with E-state index in [-0.39, 0.29) is 53.2 Å². The van der Waals surface area contributed by atoms with E-state index in [2.05, 4.69) is 25.1 Å². The van der Waals surface area contributed by atoms with Crippen molar-refractivity contribution < 1.29 is 28.1 Å². The van der Waals surface area contributed by atoms with Crippen LogP contribution in [0.15, 0.2) is 24.2 Å². The lowest BCUT2D eigenvalue weighted by atomic mass is 9.79. The third-order valence-corrected chi connectivity index (χ3v) is 11.6. The maximum Gasteiger partial charge on any atom is 0.319 e. The second-order valence-corrected chi connectivity index (χ2v) is 14.8.